The number of fused-ring (bicyclic) bond motifs is 6. The largest absolute Gasteiger partial charge is 0.310 e. The smallest absolute Gasteiger partial charge is 0.0603 e. The van der Waals surface area contributed by atoms with Gasteiger partial charge in [-0.1, -0.05) is 110 Å². The monoisotopic (exact) mass is 555 g/mol. The van der Waals surface area contributed by atoms with E-state index in [0.29, 0.717) is 0 Å². The Labute approximate surface area is 233 Å². The average Bonchev–Trinajstić information content (AvgIpc) is 2.94. The third kappa shape index (κ3) is 5.01. The van der Waals surface area contributed by atoms with Crippen molar-refractivity contribution in [2.75, 3.05) is 4.90 Å². The van der Waals surface area contributed by atoms with Crippen LogP contribution in [0.25, 0.3) is 32.3 Å². The molecule has 0 fully saturated rings. The second-order valence-electron chi connectivity index (χ2n) is 9.18. The molecule has 5 aromatic carbocycles. The number of halogens is 1. The van der Waals surface area contributed by atoms with E-state index in [1.807, 2.05) is 37.3 Å². The lowest BCUT2D eigenvalue weighted by molar-refractivity contribution is 1.13. The third-order valence-corrected chi connectivity index (χ3v) is 7.41. The fraction of sp³-hybridized carbons (Fsp3) is 0.0556. The highest BCUT2D eigenvalue weighted by Crippen LogP contribution is 2.36. The number of nitrogens with zero attached hydrogens (tertiary/aromatic N) is 1. The molecule has 38 heavy (non-hydrogen) atoms. The summed E-state index contributed by atoms with van der Waals surface area (Å²) in [5.74, 6) is 0. The van der Waals surface area contributed by atoms with Gasteiger partial charge in [0.15, 0.2) is 0 Å². The molecule has 0 N–H and O–H groups in total. The van der Waals surface area contributed by atoms with E-state index >= 15 is 0 Å². The molecule has 0 spiro atoms. The Hall–Kier alpha value is -4.14. The van der Waals surface area contributed by atoms with Crippen molar-refractivity contribution in [3.05, 3.63) is 162 Å². The van der Waals surface area contributed by atoms with Gasteiger partial charge in [0.05, 0.1) is 5.69 Å². The summed E-state index contributed by atoms with van der Waals surface area (Å²) in [5, 5.41) is 7.78. The van der Waals surface area contributed by atoms with Crippen molar-refractivity contribution < 1.29 is 0 Å². The van der Waals surface area contributed by atoms with Gasteiger partial charge in [0.25, 0.3) is 0 Å². The molecule has 0 heterocycles. The Morgan fingerprint density at radius 2 is 1.34 bits per heavy atom. The summed E-state index contributed by atoms with van der Waals surface area (Å²) in [6.45, 7) is 10.3. The van der Waals surface area contributed by atoms with E-state index in [-0.39, 0.29) is 0 Å². The SMILES string of the molecule is C=C/C=C(\C=C/C)N(C(=C)/C=C\Cc1ccc2c3ccccc3c3ccccc3c2c1)c1ccccc1Br. The van der Waals surface area contributed by atoms with E-state index in [2.05, 4.69) is 125 Å². The number of benzene rings is 5. The van der Waals surface area contributed by atoms with Gasteiger partial charge >= 0.3 is 0 Å². The van der Waals surface area contributed by atoms with Crippen molar-refractivity contribution in [1.82, 2.24) is 0 Å². The van der Waals surface area contributed by atoms with Gasteiger partial charge in [-0.25, -0.2) is 0 Å². The lowest BCUT2D eigenvalue weighted by Crippen LogP contribution is -2.19. The van der Waals surface area contributed by atoms with E-state index in [1.165, 1.54) is 37.9 Å². The Balaban J connectivity index is 1.50. The van der Waals surface area contributed by atoms with Crippen molar-refractivity contribution in [3.63, 3.8) is 0 Å². The number of anilines is 1. The first kappa shape index (κ1) is 25.5. The van der Waals surface area contributed by atoms with Gasteiger partial charge in [-0.2, -0.15) is 0 Å². The third-order valence-electron chi connectivity index (χ3n) is 6.74. The highest BCUT2D eigenvalue weighted by Gasteiger charge is 2.15. The molecule has 0 aliphatic heterocycles. The maximum Gasteiger partial charge on any atom is 0.0603 e. The summed E-state index contributed by atoms with van der Waals surface area (Å²) in [6, 6.07) is 32.4. The van der Waals surface area contributed by atoms with Crippen LogP contribution in [0.5, 0.6) is 0 Å². The molecule has 186 valence electrons. The van der Waals surface area contributed by atoms with Crippen LogP contribution in [-0.2, 0) is 6.42 Å². The molecule has 0 aromatic heterocycles. The van der Waals surface area contributed by atoms with Gasteiger partial charge in [-0.3, -0.25) is 0 Å². The topological polar surface area (TPSA) is 3.24 Å². The molecule has 0 atom stereocenters. The van der Waals surface area contributed by atoms with Crippen LogP contribution in [0.4, 0.5) is 5.69 Å². The van der Waals surface area contributed by atoms with E-state index in [4.69, 9.17) is 0 Å². The highest BCUT2D eigenvalue weighted by atomic mass is 79.9. The minimum Gasteiger partial charge on any atom is -0.310 e. The quantitative estimate of drug-likeness (QED) is 0.136. The molecular formula is C36H30BrN. The summed E-state index contributed by atoms with van der Waals surface area (Å²) in [7, 11) is 0. The highest BCUT2D eigenvalue weighted by molar-refractivity contribution is 9.10. The van der Waals surface area contributed by atoms with E-state index in [9.17, 15) is 0 Å². The molecule has 0 radical (unpaired) electrons. The predicted octanol–water partition coefficient (Wildman–Crippen LogP) is 10.7. The van der Waals surface area contributed by atoms with Crippen molar-refractivity contribution in [1.29, 1.82) is 0 Å². The summed E-state index contributed by atoms with van der Waals surface area (Å²) in [4.78, 5) is 2.14. The molecular weight excluding hydrogens is 526 g/mol. The van der Waals surface area contributed by atoms with Gasteiger partial charge in [0, 0.05) is 15.9 Å². The van der Waals surface area contributed by atoms with Crippen molar-refractivity contribution in [2.45, 2.75) is 13.3 Å². The average molecular weight is 557 g/mol. The van der Waals surface area contributed by atoms with Crippen LogP contribution in [0.2, 0.25) is 0 Å². The molecule has 0 bridgehead atoms. The summed E-state index contributed by atoms with van der Waals surface area (Å²) < 4.78 is 1.00. The van der Waals surface area contributed by atoms with Crippen molar-refractivity contribution in [3.8, 4) is 0 Å². The molecule has 0 saturated carbocycles. The fourth-order valence-corrected chi connectivity index (χ4v) is 5.54. The molecule has 0 aliphatic carbocycles. The van der Waals surface area contributed by atoms with Crippen LogP contribution in [0, 0.1) is 0 Å². The van der Waals surface area contributed by atoms with Gasteiger partial charge in [0.1, 0.15) is 0 Å². The first-order valence-corrected chi connectivity index (χ1v) is 13.6. The Morgan fingerprint density at radius 3 is 1.95 bits per heavy atom. The molecule has 2 heteroatoms. The van der Waals surface area contributed by atoms with Crippen molar-refractivity contribution >= 4 is 53.9 Å². The Morgan fingerprint density at radius 1 is 0.763 bits per heavy atom. The summed E-state index contributed by atoms with van der Waals surface area (Å²) in [5.41, 5.74) is 4.16. The second-order valence-corrected chi connectivity index (χ2v) is 10.0. The molecule has 0 amide bonds. The van der Waals surface area contributed by atoms with Crippen molar-refractivity contribution in [2.24, 2.45) is 0 Å². The molecule has 5 aromatic rings. The number of para-hydroxylation sites is 1. The second kappa shape index (κ2) is 11.5. The molecule has 0 unspecified atom stereocenters. The van der Waals surface area contributed by atoms with Gasteiger partial charge in [-0.05, 0) is 97.5 Å². The first-order valence-electron chi connectivity index (χ1n) is 12.8. The lowest BCUT2D eigenvalue weighted by atomic mass is 9.93. The van der Waals surface area contributed by atoms with Crippen LogP contribution in [0.3, 0.4) is 0 Å². The number of rotatable bonds is 8. The predicted molar refractivity (Wildman–Crippen MR) is 171 cm³/mol. The number of allylic oxidation sites excluding steroid dienone is 6. The lowest BCUT2D eigenvalue weighted by Gasteiger charge is -2.27. The normalized spacial score (nSPS) is 12.2. The minimum absolute atomic E-state index is 0.810. The van der Waals surface area contributed by atoms with Crippen LogP contribution >= 0.6 is 15.9 Å². The van der Waals surface area contributed by atoms with E-state index < -0.39 is 0 Å². The zero-order valence-corrected chi connectivity index (χ0v) is 23.2. The van der Waals surface area contributed by atoms with E-state index in [1.54, 1.807) is 6.08 Å². The van der Waals surface area contributed by atoms with Crippen LogP contribution in [0.15, 0.2) is 156 Å². The van der Waals surface area contributed by atoms with Crippen LogP contribution in [-0.4, -0.2) is 0 Å². The maximum atomic E-state index is 4.42. The van der Waals surface area contributed by atoms with Gasteiger partial charge < -0.3 is 4.90 Å². The van der Waals surface area contributed by atoms with E-state index in [0.717, 1.165) is 28.0 Å². The van der Waals surface area contributed by atoms with Crippen LogP contribution in [0.1, 0.15) is 12.5 Å². The number of hydrogen-bond acceptors (Lipinski definition) is 1. The molecule has 0 aliphatic rings. The number of hydrogen-bond donors (Lipinski definition) is 0. The Bertz CT molecular complexity index is 1720. The zero-order valence-electron chi connectivity index (χ0n) is 21.6. The van der Waals surface area contributed by atoms with Crippen LogP contribution < -0.4 is 4.90 Å². The fourth-order valence-electron chi connectivity index (χ4n) is 5.08. The minimum atomic E-state index is 0.810. The molecule has 1 nitrogen and oxygen atoms in total. The van der Waals surface area contributed by atoms with Gasteiger partial charge in [-0.15, -0.1) is 0 Å². The standard InChI is InChI=1S/C36H30BrN/c1-4-13-28(14-5-2)38(36-22-11-10-21-35(36)37)26(3)15-12-16-27-23-24-33-31-19-7-6-17-29(31)30-18-8-9-20-32(30)34(33)25-27/h4-15,17-25H,1,3,16H2,2H3/b14-5-,15-12-,28-13+. The maximum absolute atomic E-state index is 4.42. The summed E-state index contributed by atoms with van der Waals surface area (Å²) in [6.07, 6.45) is 13.0. The first-order chi connectivity index (χ1) is 18.6. The molecule has 5 rings (SSSR count). The molecule has 0 saturated heterocycles. The zero-order chi connectivity index (χ0) is 26.5. The Kier molecular flexibility index (Phi) is 7.72. The summed E-state index contributed by atoms with van der Waals surface area (Å²) >= 11 is 3.72. The van der Waals surface area contributed by atoms with Gasteiger partial charge in [0.2, 0.25) is 0 Å².